The number of hydrogen-bond donors (Lipinski definition) is 2. The zero-order chi connectivity index (χ0) is 26.7. The molecule has 0 saturated heterocycles. The second-order valence-electron chi connectivity index (χ2n) is 9.49. The van der Waals surface area contributed by atoms with E-state index in [4.69, 9.17) is 14.2 Å². The predicted molar refractivity (Wildman–Crippen MR) is 140 cm³/mol. The Morgan fingerprint density at radius 2 is 1.53 bits per heavy atom. The van der Waals surface area contributed by atoms with E-state index >= 15 is 0 Å². The van der Waals surface area contributed by atoms with E-state index in [-0.39, 0.29) is 24.0 Å². The van der Waals surface area contributed by atoms with E-state index in [9.17, 15) is 14.7 Å². The standard InChI is InChI=1S/C28H40N2O6/c1-7-34-25(35-8-2)19-30(20(3)21-12-10-9-11-13-21)18-24(29-27(32)33)26(31)22-14-16-23(17-15-22)36-28(4,5)6/h9-17,20,24-25,29H,7-8,18-19H2,1-6H3,(H,32,33)/t20-,24+/m1/s1. The van der Waals surface area contributed by atoms with Crippen LogP contribution < -0.4 is 10.1 Å². The number of nitrogens with one attached hydrogen (secondary N) is 1. The van der Waals surface area contributed by atoms with Gasteiger partial charge in [-0.3, -0.25) is 9.69 Å². The Morgan fingerprint density at radius 1 is 0.944 bits per heavy atom. The summed E-state index contributed by atoms with van der Waals surface area (Å²) < 4.78 is 17.4. The van der Waals surface area contributed by atoms with Crippen molar-refractivity contribution in [1.82, 2.24) is 10.2 Å². The third-order valence-corrected chi connectivity index (χ3v) is 5.51. The third-order valence-electron chi connectivity index (χ3n) is 5.51. The first-order valence-corrected chi connectivity index (χ1v) is 12.4. The Morgan fingerprint density at radius 3 is 2.03 bits per heavy atom. The van der Waals surface area contributed by atoms with Gasteiger partial charge < -0.3 is 24.6 Å². The molecule has 0 aliphatic rings. The lowest BCUT2D eigenvalue weighted by atomic mass is 10.0. The SMILES string of the molecule is CCOC(CN(C[C@H](NC(=O)O)C(=O)c1ccc(OC(C)(C)C)cc1)[C@H](C)c1ccccc1)OCC. The molecule has 2 rings (SSSR count). The Labute approximate surface area is 214 Å². The second-order valence-corrected chi connectivity index (χ2v) is 9.49. The fraction of sp³-hybridized carbons (Fsp3) is 0.500. The van der Waals surface area contributed by atoms with Crippen LogP contribution in [-0.2, 0) is 9.47 Å². The Hall–Kier alpha value is -2.94. The van der Waals surface area contributed by atoms with Crippen LogP contribution in [0.4, 0.5) is 4.79 Å². The number of amides is 1. The lowest BCUT2D eigenvalue weighted by molar-refractivity contribution is -0.150. The lowest BCUT2D eigenvalue weighted by Crippen LogP contribution is -2.50. The Bertz CT molecular complexity index is 937. The number of rotatable bonds is 14. The highest BCUT2D eigenvalue weighted by atomic mass is 16.7. The molecule has 0 saturated carbocycles. The molecule has 0 radical (unpaired) electrons. The van der Waals surface area contributed by atoms with Crippen molar-refractivity contribution in [2.45, 2.75) is 65.5 Å². The number of Topliss-reactive ketones (excluding diaryl/α,β-unsaturated/α-hetero) is 1. The molecular formula is C28H40N2O6. The van der Waals surface area contributed by atoms with Crippen molar-refractivity contribution < 1.29 is 28.9 Å². The summed E-state index contributed by atoms with van der Waals surface area (Å²) in [5.74, 6) is 0.312. The van der Waals surface area contributed by atoms with E-state index in [0.29, 0.717) is 31.1 Å². The molecule has 0 heterocycles. The number of benzene rings is 2. The molecule has 8 nitrogen and oxygen atoms in total. The van der Waals surface area contributed by atoms with E-state index in [1.807, 2.05) is 76.8 Å². The molecule has 0 unspecified atom stereocenters. The summed E-state index contributed by atoms with van der Waals surface area (Å²) in [6.07, 6.45) is -1.78. The van der Waals surface area contributed by atoms with Gasteiger partial charge in [0.2, 0.25) is 0 Å². The van der Waals surface area contributed by atoms with Crippen LogP contribution in [0.3, 0.4) is 0 Å². The van der Waals surface area contributed by atoms with Crippen LogP contribution >= 0.6 is 0 Å². The molecule has 0 bridgehead atoms. The van der Waals surface area contributed by atoms with Crippen molar-refractivity contribution in [2.24, 2.45) is 0 Å². The van der Waals surface area contributed by atoms with Crippen molar-refractivity contribution in [3.05, 3.63) is 65.7 Å². The minimum atomic E-state index is -1.26. The van der Waals surface area contributed by atoms with Gasteiger partial charge in [-0.2, -0.15) is 0 Å². The summed E-state index contributed by atoms with van der Waals surface area (Å²) in [6.45, 7) is 13.1. The van der Waals surface area contributed by atoms with Crippen LogP contribution in [0.2, 0.25) is 0 Å². The molecule has 2 aromatic rings. The fourth-order valence-corrected chi connectivity index (χ4v) is 3.87. The van der Waals surface area contributed by atoms with Gasteiger partial charge >= 0.3 is 6.09 Å². The molecule has 2 aromatic carbocycles. The van der Waals surface area contributed by atoms with Gasteiger partial charge in [0.25, 0.3) is 0 Å². The molecule has 8 heteroatoms. The minimum absolute atomic E-state index is 0.122. The molecule has 198 valence electrons. The number of ketones is 1. The van der Waals surface area contributed by atoms with Gasteiger partial charge in [0.15, 0.2) is 12.1 Å². The summed E-state index contributed by atoms with van der Waals surface area (Å²) in [7, 11) is 0. The van der Waals surface area contributed by atoms with Gasteiger partial charge in [-0.1, -0.05) is 30.3 Å². The van der Waals surface area contributed by atoms with Crippen molar-refractivity contribution in [1.29, 1.82) is 0 Å². The highest BCUT2D eigenvalue weighted by Crippen LogP contribution is 2.23. The van der Waals surface area contributed by atoms with Gasteiger partial charge in [-0.05, 0) is 71.4 Å². The van der Waals surface area contributed by atoms with Crippen LogP contribution in [-0.4, -0.2) is 66.1 Å². The third kappa shape index (κ3) is 9.60. The maximum atomic E-state index is 13.5. The van der Waals surface area contributed by atoms with E-state index in [1.165, 1.54) is 0 Å². The molecule has 2 N–H and O–H groups in total. The Balaban J connectivity index is 2.32. The molecular weight excluding hydrogens is 460 g/mol. The van der Waals surface area contributed by atoms with E-state index in [2.05, 4.69) is 5.32 Å². The lowest BCUT2D eigenvalue weighted by Gasteiger charge is -2.34. The number of carbonyl (C=O) groups is 2. The zero-order valence-electron chi connectivity index (χ0n) is 22.2. The van der Waals surface area contributed by atoms with Crippen molar-refractivity contribution >= 4 is 11.9 Å². The highest BCUT2D eigenvalue weighted by molar-refractivity contribution is 6.01. The first-order valence-electron chi connectivity index (χ1n) is 12.4. The smallest absolute Gasteiger partial charge is 0.405 e. The van der Waals surface area contributed by atoms with Gasteiger partial charge in [-0.25, -0.2) is 4.79 Å². The van der Waals surface area contributed by atoms with E-state index in [1.54, 1.807) is 24.3 Å². The van der Waals surface area contributed by atoms with Crippen LogP contribution in [0.1, 0.15) is 63.5 Å². The minimum Gasteiger partial charge on any atom is -0.488 e. The summed E-state index contributed by atoms with van der Waals surface area (Å²) in [5, 5.41) is 11.9. The first-order chi connectivity index (χ1) is 17.0. The van der Waals surface area contributed by atoms with Crippen molar-refractivity contribution in [3.8, 4) is 5.75 Å². The topological polar surface area (TPSA) is 97.3 Å². The fourth-order valence-electron chi connectivity index (χ4n) is 3.87. The predicted octanol–water partition coefficient (Wildman–Crippen LogP) is 5.15. The molecule has 1 amide bonds. The van der Waals surface area contributed by atoms with Crippen LogP contribution in [0.25, 0.3) is 0 Å². The molecule has 36 heavy (non-hydrogen) atoms. The average Bonchev–Trinajstić information content (AvgIpc) is 2.82. The van der Waals surface area contributed by atoms with Crippen molar-refractivity contribution in [2.75, 3.05) is 26.3 Å². The molecule has 0 aliphatic carbocycles. The normalized spacial score (nSPS) is 13.4. The largest absolute Gasteiger partial charge is 0.488 e. The highest BCUT2D eigenvalue weighted by Gasteiger charge is 2.29. The molecule has 0 spiro atoms. The van der Waals surface area contributed by atoms with Gasteiger partial charge in [0.1, 0.15) is 17.4 Å². The summed E-state index contributed by atoms with van der Waals surface area (Å²) in [4.78, 5) is 27.1. The molecule has 0 aromatic heterocycles. The number of hydrogen-bond acceptors (Lipinski definition) is 6. The van der Waals surface area contributed by atoms with Crippen LogP contribution in [0.5, 0.6) is 5.75 Å². The van der Waals surface area contributed by atoms with Gasteiger partial charge in [0, 0.05) is 31.4 Å². The maximum absolute atomic E-state index is 13.5. The summed E-state index contributed by atoms with van der Waals surface area (Å²) >= 11 is 0. The van der Waals surface area contributed by atoms with Gasteiger partial charge in [0.05, 0.1) is 6.54 Å². The van der Waals surface area contributed by atoms with Gasteiger partial charge in [-0.15, -0.1) is 0 Å². The first kappa shape index (κ1) is 29.3. The van der Waals surface area contributed by atoms with Crippen molar-refractivity contribution in [3.63, 3.8) is 0 Å². The van der Waals surface area contributed by atoms with Crippen LogP contribution in [0, 0.1) is 0 Å². The molecule has 0 fully saturated rings. The maximum Gasteiger partial charge on any atom is 0.405 e. The number of carbonyl (C=O) groups excluding carboxylic acids is 1. The number of carboxylic acid groups (broad SMARTS) is 1. The average molecular weight is 501 g/mol. The Kier molecular flexibility index (Phi) is 11.4. The number of nitrogens with zero attached hydrogens (tertiary/aromatic N) is 1. The second kappa shape index (κ2) is 14.0. The van der Waals surface area contributed by atoms with E-state index < -0.39 is 18.4 Å². The summed E-state index contributed by atoms with van der Waals surface area (Å²) in [5.41, 5.74) is 1.06. The quantitative estimate of drug-likeness (QED) is 0.274. The summed E-state index contributed by atoms with van der Waals surface area (Å²) in [6, 6.07) is 15.5. The van der Waals surface area contributed by atoms with Crippen LogP contribution in [0.15, 0.2) is 54.6 Å². The zero-order valence-corrected chi connectivity index (χ0v) is 22.2. The van der Waals surface area contributed by atoms with E-state index in [0.717, 1.165) is 5.56 Å². The molecule has 0 aliphatic heterocycles. The monoisotopic (exact) mass is 500 g/mol. The number of ether oxygens (including phenoxy) is 3. The molecule has 2 atom stereocenters.